The standard InChI is InChI=1S/C21H17FN4O4.C13H23NO4.C11H19NO4.C9H17NO2.C8H14O5S.C7H13NO2/c1-29-20-15(21(28)23-11-14-10-18(27)26-30-14)7-9-17-19(20)16(24-25-17)8-4-12-2-5-13(22)6-3-12;1-6-17-10(15)13(7-8-13)9-14(5)11(16)18-12(2,3)4;1-10(2,3)16-9(15)12(4)7-11(5-6-11)8(13)14;1-4-12-8(11)9(5-6-9)7-10(2)3;1-3-12-7(9)8(4-5-8)6-13-14(2,10)11;1-8(2)5-7(3-4-7)6(9)10/h2-10H,11H2,1H3,(H,23,28)(H,24,25)(H,26,27);6-9H2,1-5H3;5-7H2,1-4H3,(H,13,14);4-7H2,1-3H3;3-6H2,1-2H3;3-5H2,1-2H3,(H,9,10)/b8-4+;;;;;. The number of methoxy groups -OCH3 is 1. The quantitative estimate of drug-likeness (QED) is 0.0235. The van der Waals surface area contributed by atoms with Crippen LogP contribution in [0, 0.1) is 32.9 Å². The Bertz CT molecular complexity index is 3640. The summed E-state index contributed by atoms with van der Waals surface area (Å²) in [7, 11) is 8.99. The summed E-state index contributed by atoms with van der Waals surface area (Å²) in [5.74, 6) is -2.10. The topological polar surface area (TPSA) is 375 Å². The Labute approximate surface area is 584 Å². The van der Waals surface area contributed by atoms with E-state index in [-0.39, 0.29) is 59.8 Å². The van der Waals surface area contributed by atoms with Gasteiger partial charge in [-0.15, -0.1) is 0 Å². The Balaban J connectivity index is 0.000000266. The number of aliphatic carboxylic acids is 2. The number of rotatable bonds is 25. The van der Waals surface area contributed by atoms with Crippen LogP contribution in [0.15, 0.2) is 51.8 Å². The molecule has 0 spiro atoms. The van der Waals surface area contributed by atoms with Crippen LogP contribution in [0.2, 0.25) is 0 Å². The second-order valence-electron chi connectivity index (χ2n) is 28.2. The number of carbonyl (C=O) groups is 8. The third-order valence-electron chi connectivity index (χ3n) is 16.0. The first kappa shape index (κ1) is 84.0. The van der Waals surface area contributed by atoms with Crippen molar-refractivity contribution in [3.63, 3.8) is 0 Å². The Hall–Kier alpha value is -8.42. The van der Waals surface area contributed by atoms with Crippen molar-refractivity contribution in [2.45, 2.75) is 144 Å². The molecule has 9 rings (SSSR count). The highest BCUT2D eigenvalue weighted by Gasteiger charge is 2.55. The van der Waals surface area contributed by atoms with E-state index in [2.05, 4.69) is 24.9 Å². The number of hydrogen-bond donors (Lipinski definition) is 5. The van der Waals surface area contributed by atoms with Crippen LogP contribution in [0.1, 0.15) is 154 Å². The first-order valence-corrected chi connectivity index (χ1v) is 34.7. The average molecular weight is 1430 g/mol. The van der Waals surface area contributed by atoms with E-state index in [1.54, 1.807) is 85.1 Å². The summed E-state index contributed by atoms with van der Waals surface area (Å²) in [6.07, 6.45) is 11.4. The molecular formula is C69H103FN8O21S. The van der Waals surface area contributed by atoms with Gasteiger partial charge in [-0.2, -0.15) is 18.7 Å². The third-order valence-corrected chi connectivity index (χ3v) is 16.6. The maximum Gasteiger partial charge on any atom is 0.410 e. The maximum atomic E-state index is 13.1. The van der Waals surface area contributed by atoms with Crippen LogP contribution < -0.4 is 15.6 Å². The van der Waals surface area contributed by atoms with Crippen LogP contribution >= 0.6 is 0 Å². The van der Waals surface area contributed by atoms with E-state index in [1.165, 1.54) is 35.1 Å². The normalized spacial score (nSPS) is 16.4. The molecule has 5 aliphatic carbocycles. The summed E-state index contributed by atoms with van der Waals surface area (Å²) in [4.78, 5) is 110. The number of hydrogen-bond acceptors (Lipinski definition) is 22. The molecule has 558 valence electrons. The number of amides is 3. The second-order valence-corrected chi connectivity index (χ2v) is 29.9. The molecule has 0 bridgehead atoms. The summed E-state index contributed by atoms with van der Waals surface area (Å²) in [6, 6.07) is 10.6. The van der Waals surface area contributed by atoms with Crippen molar-refractivity contribution in [2.75, 3.05) is 108 Å². The van der Waals surface area contributed by atoms with Crippen molar-refractivity contribution < 1.29 is 98.5 Å². The minimum absolute atomic E-state index is 0.0151. The molecule has 5 aliphatic rings. The fraction of sp³-hybridized carbons (Fsp3) is 0.623. The van der Waals surface area contributed by atoms with Crippen molar-refractivity contribution in [2.24, 2.45) is 27.1 Å². The van der Waals surface area contributed by atoms with Gasteiger partial charge in [0, 0.05) is 46.3 Å². The first-order valence-electron chi connectivity index (χ1n) is 32.9. The number of esters is 3. The van der Waals surface area contributed by atoms with Gasteiger partial charge in [-0.25, -0.2) is 14.0 Å². The summed E-state index contributed by atoms with van der Waals surface area (Å²) in [5, 5.41) is 30.4. The fourth-order valence-electron chi connectivity index (χ4n) is 9.93. The average Bonchev–Trinajstić information content (AvgIpc) is 1.76. The van der Waals surface area contributed by atoms with E-state index in [0.717, 1.165) is 56.9 Å². The highest BCUT2D eigenvalue weighted by atomic mass is 32.2. The van der Waals surface area contributed by atoms with Crippen molar-refractivity contribution in [1.82, 2.24) is 40.3 Å². The Kier molecular flexibility index (Phi) is 30.0. The predicted octanol–water partition coefficient (Wildman–Crippen LogP) is 8.62. The summed E-state index contributed by atoms with van der Waals surface area (Å²) in [6.45, 7) is 19.3. The van der Waals surface area contributed by atoms with Crippen LogP contribution in [-0.4, -0.2) is 221 Å². The number of carboxylic acid groups (broad SMARTS) is 2. The molecule has 31 heteroatoms. The summed E-state index contributed by atoms with van der Waals surface area (Å²) >= 11 is 0. The summed E-state index contributed by atoms with van der Waals surface area (Å²) in [5.41, 5.74) is -1.54. The van der Waals surface area contributed by atoms with Crippen LogP contribution in [0.25, 0.3) is 23.1 Å². The Morgan fingerprint density at radius 2 is 1.06 bits per heavy atom. The monoisotopic (exact) mass is 1430 g/mol. The maximum absolute atomic E-state index is 13.1. The minimum Gasteiger partial charge on any atom is -0.495 e. The van der Waals surface area contributed by atoms with E-state index < -0.39 is 67.6 Å². The lowest BCUT2D eigenvalue weighted by Gasteiger charge is -2.26. The van der Waals surface area contributed by atoms with Crippen LogP contribution in [0.4, 0.5) is 14.0 Å². The van der Waals surface area contributed by atoms with Gasteiger partial charge in [-0.1, -0.05) is 18.2 Å². The number of carboxylic acids is 2. The lowest BCUT2D eigenvalue weighted by atomic mass is 10.1. The highest BCUT2D eigenvalue weighted by Crippen LogP contribution is 2.50. The van der Waals surface area contributed by atoms with E-state index in [9.17, 15) is 56.0 Å². The molecule has 4 aromatic rings. The van der Waals surface area contributed by atoms with E-state index in [4.69, 9.17) is 43.2 Å². The fourth-order valence-corrected chi connectivity index (χ4v) is 10.4. The molecule has 2 aromatic heterocycles. The molecule has 0 unspecified atom stereocenters. The largest absolute Gasteiger partial charge is 0.495 e. The zero-order chi connectivity index (χ0) is 75.4. The number of carbonyl (C=O) groups excluding carboxylic acids is 6. The molecule has 2 aromatic carbocycles. The van der Waals surface area contributed by atoms with Crippen LogP contribution in [0.5, 0.6) is 5.75 Å². The van der Waals surface area contributed by atoms with Crippen molar-refractivity contribution in [3.8, 4) is 5.75 Å². The second kappa shape index (κ2) is 35.8. The lowest BCUT2D eigenvalue weighted by Crippen LogP contribution is -2.40. The van der Waals surface area contributed by atoms with Gasteiger partial charge < -0.3 is 68.1 Å². The van der Waals surface area contributed by atoms with Gasteiger partial charge in [0.25, 0.3) is 21.6 Å². The number of halogens is 1. The highest BCUT2D eigenvalue weighted by molar-refractivity contribution is 7.86. The molecule has 0 saturated heterocycles. The smallest absolute Gasteiger partial charge is 0.410 e. The molecule has 0 atom stereocenters. The van der Waals surface area contributed by atoms with Gasteiger partial charge in [0.2, 0.25) is 0 Å². The number of nitrogens with one attached hydrogen (secondary N) is 3. The van der Waals surface area contributed by atoms with Crippen molar-refractivity contribution >= 4 is 81.1 Å². The van der Waals surface area contributed by atoms with Gasteiger partial charge in [-0.05, 0) is 191 Å². The summed E-state index contributed by atoms with van der Waals surface area (Å²) < 4.78 is 74.8. The molecule has 0 aliphatic heterocycles. The van der Waals surface area contributed by atoms with Gasteiger partial charge in [0.05, 0.1) is 95.6 Å². The number of nitrogens with zero attached hydrogens (tertiary/aromatic N) is 5. The van der Waals surface area contributed by atoms with Crippen molar-refractivity contribution in [3.05, 3.63) is 81.2 Å². The van der Waals surface area contributed by atoms with E-state index in [1.807, 2.05) is 65.7 Å². The first-order chi connectivity index (χ1) is 46.5. The van der Waals surface area contributed by atoms with Gasteiger partial charge >= 0.3 is 42.0 Å². The van der Waals surface area contributed by atoms with E-state index >= 15 is 0 Å². The van der Waals surface area contributed by atoms with E-state index in [0.29, 0.717) is 92.3 Å². The van der Waals surface area contributed by atoms with Gasteiger partial charge in [0.1, 0.15) is 22.8 Å². The number of H-pyrrole nitrogens is 2. The van der Waals surface area contributed by atoms with Crippen molar-refractivity contribution in [1.29, 1.82) is 0 Å². The zero-order valence-electron chi connectivity index (χ0n) is 60.8. The molecule has 29 nitrogen and oxygen atoms in total. The van der Waals surface area contributed by atoms with Gasteiger partial charge in [-0.3, -0.25) is 42.8 Å². The molecule has 100 heavy (non-hydrogen) atoms. The molecular weight excluding hydrogens is 1330 g/mol. The molecule has 5 fully saturated rings. The SMILES string of the molecule is CCOC(=O)C1(CN(C)C(=O)OC(C)(C)C)CC1.CCOC(=O)C1(CN(C)C)CC1.CCOC(=O)C1(COS(C)(=O)=O)CC1.CN(C)CC1(C(=O)O)CC1.CN(CC1(C(=O)O)CC1)C(=O)OC(C)(C)C.COc1c(C(=O)NCc2cc(=O)[nH]o2)ccc2n[nH]c(/C=C/c3ccc(F)cc3)c12. The zero-order valence-corrected chi connectivity index (χ0v) is 61.6. The molecule has 0 radical (unpaired) electrons. The Morgan fingerprint density at radius 3 is 1.43 bits per heavy atom. The number of ether oxygens (including phenoxy) is 6. The lowest BCUT2D eigenvalue weighted by molar-refractivity contribution is -0.151. The number of benzene rings is 2. The molecule has 5 saturated carbocycles. The van der Waals surface area contributed by atoms with Crippen LogP contribution in [0.3, 0.4) is 0 Å². The van der Waals surface area contributed by atoms with Crippen LogP contribution in [-0.2, 0) is 68.5 Å². The molecule has 3 amide bonds. The van der Waals surface area contributed by atoms with Gasteiger partial charge in [0.15, 0.2) is 5.76 Å². The number of aromatic amines is 2. The number of aromatic nitrogens is 3. The predicted molar refractivity (Wildman–Crippen MR) is 368 cm³/mol. The number of fused-ring (bicyclic) bond motifs is 1. The molecule has 2 heterocycles. The Morgan fingerprint density at radius 1 is 0.640 bits per heavy atom. The third kappa shape index (κ3) is 26.9. The minimum atomic E-state index is -3.47. The molecule has 5 N–H and O–H groups in total.